The summed E-state index contributed by atoms with van der Waals surface area (Å²) in [4.78, 5) is 12.5. The molecule has 124 valence electrons. The van der Waals surface area contributed by atoms with Gasteiger partial charge in [0, 0.05) is 24.1 Å². The molecule has 0 saturated carbocycles. The number of allylic oxidation sites excluding steroid dienone is 4. The van der Waals surface area contributed by atoms with E-state index in [0.717, 1.165) is 11.3 Å². The summed E-state index contributed by atoms with van der Waals surface area (Å²) in [5, 5.41) is 3.11. The fourth-order valence-corrected chi connectivity index (χ4v) is 1.87. The molecule has 6 heteroatoms. The van der Waals surface area contributed by atoms with Crippen molar-refractivity contribution in [3.05, 3.63) is 67.1 Å². The molecule has 0 aliphatic heterocycles. The van der Waals surface area contributed by atoms with Crippen molar-refractivity contribution in [1.29, 1.82) is 0 Å². The van der Waals surface area contributed by atoms with Crippen molar-refractivity contribution in [2.75, 3.05) is 12.4 Å². The molecule has 24 heavy (non-hydrogen) atoms. The van der Waals surface area contributed by atoms with Crippen LogP contribution in [0.1, 0.15) is 19.2 Å². The lowest BCUT2D eigenvalue weighted by Gasteiger charge is -2.11. The molecule has 1 N–H and O–H groups in total. The van der Waals surface area contributed by atoms with E-state index < -0.39 is 5.83 Å². The zero-order valence-corrected chi connectivity index (χ0v) is 13.7. The van der Waals surface area contributed by atoms with Gasteiger partial charge in [-0.2, -0.15) is 4.98 Å². The summed E-state index contributed by atoms with van der Waals surface area (Å²) in [7, 11) is 1.49. The number of pyridine rings is 1. The van der Waals surface area contributed by atoms with Crippen LogP contribution < -0.4 is 10.1 Å². The molecule has 0 saturated heterocycles. The van der Waals surface area contributed by atoms with Gasteiger partial charge in [0.2, 0.25) is 5.88 Å². The molecule has 2 aromatic heterocycles. The monoisotopic (exact) mass is 326 g/mol. The Morgan fingerprint density at radius 1 is 1.29 bits per heavy atom. The second-order valence-electron chi connectivity index (χ2n) is 4.95. The maximum atomic E-state index is 13.9. The average molecular weight is 326 g/mol. The van der Waals surface area contributed by atoms with Crippen LogP contribution >= 0.6 is 0 Å². The Morgan fingerprint density at radius 3 is 2.58 bits per heavy atom. The van der Waals surface area contributed by atoms with Crippen LogP contribution in [0.3, 0.4) is 0 Å². The SMILES string of the molecule is C=C(/C=C(\C(=C)F)c1nc(Nc2ccncc2)cc(OC)n1)CC. The minimum atomic E-state index is -0.632. The van der Waals surface area contributed by atoms with Crippen LogP contribution in [0.5, 0.6) is 5.88 Å². The van der Waals surface area contributed by atoms with E-state index in [4.69, 9.17) is 4.74 Å². The first kappa shape index (κ1) is 17.3. The van der Waals surface area contributed by atoms with Crippen molar-refractivity contribution in [3.8, 4) is 5.88 Å². The van der Waals surface area contributed by atoms with E-state index in [9.17, 15) is 4.39 Å². The van der Waals surface area contributed by atoms with Crippen LogP contribution in [0.2, 0.25) is 0 Å². The van der Waals surface area contributed by atoms with Crippen LogP contribution in [0.15, 0.2) is 61.2 Å². The minimum absolute atomic E-state index is 0.174. The fraction of sp³-hybridized carbons (Fsp3) is 0.167. The highest BCUT2D eigenvalue weighted by Crippen LogP contribution is 2.26. The fourth-order valence-electron chi connectivity index (χ4n) is 1.87. The van der Waals surface area contributed by atoms with Gasteiger partial charge in [0.15, 0.2) is 5.82 Å². The summed E-state index contributed by atoms with van der Waals surface area (Å²) in [5.74, 6) is 0.323. The molecule has 0 spiro atoms. The highest BCUT2D eigenvalue weighted by molar-refractivity contribution is 5.75. The molecule has 5 nitrogen and oxygen atoms in total. The zero-order valence-electron chi connectivity index (χ0n) is 13.7. The predicted molar refractivity (Wildman–Crippen MR) is 93.8 cm³/mol. The van der Waals surface area contributed by atoms with Gasteiger partial charge in [0.25, 0.3) is 0 Å². The Labute approximate surface area is 140 Å². The van der Waals surface area contributed by atoms with Gasteiger partial charge < -0.3 is 10.1 Å². The van der Waals surface area contributed by atoms with Crippen LogP contribution in [0, 0.1) is 0 Å². The molecule has 0 aliphatic carbocycles. The van der Waals surface area contributed by atoms with Gasteiger partial charge in [0.05, 0.1) is 12.7 Å². The second-order valence-corrected chi connectivity index (χ2v) is 4.95. The van der Waals surface area contributed by atoms with Crippen molar-refractivity contribution in [2.24, 2.45) is 0 Å². The Kier molecular flexibility index (Phi) is 5.78. The molecular weight excluding hydrogens is 307 g/mol. The third-order valence-corrected chi connectivity index (χ3v) is 3.20. The molecular formula is C18H19FN4O. The summed E-state index contributed by atoms with van der Waals surface area (Å²) in [5.41, 5.74) is 1.72. The first-order valence-corrected chi connectivity index (χ1v) is 7.38. The summed E-state index contributed by atoms with van der Waals surface area (Å²) in [6.45, 7) is 9.15. The Balaban J connectivity index is 2.45. The number of anilines is 2. The molecule has 0 fully saturated rings. The van der Waals surface area contributed by atoms with Crippen LogP contribution in [0.25, 0.3) is 5.57 Å². The van der Waals surface area contributed by atoms with E-state index in [1.54, 1.807) is 36.7 Å². The van der Waals surface area contributed by atoms with E-state index in [0.29, 0.717) is 18.1 Å². The van der Waals surface area contributed by atoms with Crippen LogP contribution in [0.4, 0.5) is 15.9 Å². The highest BCUT2D eigenvalue weighted by atomic mass is 19.1. The van der Waals surface area contributed by atoms with Crippen molar-refractivity contribution in [2.45, 2.75) is 13.3 Å². The number of halogens is 1. The molecule has 2 heterocycles. The minimum Gasteiger partial charge on any atom is -0.481 e. The number of hydrogen-bond acceptors (Lipinski definition) is 5. The third-order valence-electron chi connectivity index (χ3n) is 3.20. The molecule has 0 amide bonds. The van der Waals surface area contributed by atoms with Gasteiger partial charge in [-0.25, -0.2) is 9.37 Å². The van der Waals surface area contributed by atoms with Crippen molar-refractivity contribution in [3.63, 3.8) is 0 Å². The van der Waals surface area contributed by atoms with Gasteiger partial charge in [0.1, 0.15) is 11.6 Å². The normalized spacial score (nSPS) is 11.0. The zero-order chi connectivity index (χ0) is 17.5. The molecule has 0 aromatic carbocycles. The quantitative estimate of drug-likeness (QED) is 0.761. The first-order valence-electron chi connectivity index (χ1n) is 7.38. The highest BCUT2D eigenvalue weighted by Gasteiger charge is 2.13. The van der Waals surface area contributed by atoms with E-state index >= 15 is 0 Å². The number of ether oxygens (including phenoxy) is 1. The van der Waals surface area contributed by atoms with Crippen molar-refractivity contribution in [1.82, 2.24) is 15.0 Å². The third kappa shape index (κ3) is 4.49. The predicted octanol–water partition coefficient (Wildman–Crippen LogP) is 4.46. The lowest BCUT2D eigenvalue weighted by Crippen LogP contribution is -2.03. The second kappa shape index (κ2) is 8.01. The molecule has 0 atom stereocenters. The number of methoxy groups -OCH3 is 1. The summed E-state index contributed by atoms with van der Waals surface area (Å²) in [6, 6.07) is 5.20. The first-order chi connectivity index (χ1) is 11.5. The number of nitrogens with zero attached hydrogens (tertiary/aromatic N) is 3. The summed E-state index contributed by atoms with van der Waals surface area (Å²) in [6.07, 6.45) is 5.58. The standard InChI is InChI=1S/C18H19FN4O/c1-5-12(2)10-15(13(3)19)18-22-16(11-17(23-18)24-4)21-14-6-8-20-9-7-14/h6-11H,2-3,5H2,1,4H3,(H,20,21,22,23)/b15-10+. The van der Waals surface area contributed by atoms with Gasteiger partial charge in [-0.15, -0.1) is 0 Å². The molecule has 2 rings (SSSR count). The Bertz CT molecular complexity index is 772. The van der Waals surface area contributed by atoms with Crippen LogP contribution in [-0.2, 0) is 0 Å². The Hall–Kier alpha value is -3.02. The van der Waals surface area contributed by atoms with Gasteiger partial charge in [-0.1, -0.05) is 25.7 Å². The lowest BCUT2D eigenvalue weighted by molar-refractivity contribution is 0.396. The number of hydrogen-bond donors (Lipinski definition) is 1. The Morgan fingerprint density at radius 2 is 2.00 bits per heavy atom. The van der Waals surface area contributed by atoms with Gasteiger partial charge in [-0.05, 0) is 24.6 Å². The maximum absolute atomic E-state index is 13.9. The van der Waals surface area contributed by atoms with Crippen LogP contribution in [-0.4, -0.2) is 22.1 Å². The largest absolute Gasteiger partial charge is 0.481 e. The molecule has 0 bridgehead atoms. The van der Waals surface area contributed by atoms with Crippen molar-refractivity contribution < 1.29 is 9.13 Å². The maximum Gasteiger partial charge on any atom is 0.218 e. The number of rotatable bonds is 7. The van der Waals surface area contributed by atoms with Gasteiger partial charge in [-0.3, -0.25) is 4.98 Å². The summed E-state index contributed by atoms with van der Waals surface area (Å²) >= 11 is 0. The van der Waals surface area contributed by atoms with Gasteiger partial charge >= 0.3 is 0 Å². The summed E-state index contributed by atoms with van der Waals surface area (Å²) < 4.78 is 19.1. The van der Waals surface area contributed by atoms with E-state index in [1.807, 2.05) is 6.92 Å². The number of aromatic nitrogens is 3. The number of nitrogens with one attached hydrogen (secondary N) is 1. The molecule has 0 radical (unpaired) electrons. The smallest absolute Gasteiger partial charge is 0.218 e. The van der Waals surface area contributed by atoms with E-state index in [-0.39, 0.29) is 11.4 Å². The van der Waals surface area contributed by atoms with Crippen molar-refractivity contribution >= 4 is 17.1 Å². The van der Waals surface area contributed by atoms with E-state index in [1.165, 1.54) is 7.11 Å². The topological polar surface area (TPSA) is 59.9 Å². The molecule has 2 aromatic rings. The average Bonchev–Trinajstić information content (AvgIpc) is 2.59. The lowest BCUT2D eigenvalue weighted by atomic mass is 10.1. The molecule has 0 aliphatic rings. The van der Waals surface area contributed by atoms with E-state index in [2.05, 4.69) is 33.4 Å². The molecule has 0 unspecified atom stereocenters.